The van der Waals surface area contributed by atoms with E-state index in [-0.39, 0.29) is 16.9 Å². The number of fused-ring (bicyclic) bond motifs is 1. The maximum Gasteiger partial charge on any atom is 0.291 e. The Balaban J connectivity index is 2.58. The molecule has 2 N–H and O–H groups in total. The summed E-state index contributed by atoms with van der Waals surface area (Å²) in [5, 5.41) is 13.9. The highest BCUT2D eigenvalue weighted by Gasteiger charge is 2.22. The van der Waals surface area contributed by atoms with Crippen molar-refractivity contribution in [2.75, 3.05) is 12.8 Å². The highest BCUT2D eigenvalue weighted by molar-refractivity contribution is 5.93. The van der Waals surface area contributed by atoms with E-state index in [1.165, 1.54) is 10.9 Å². The summed E-state index contributed by atoms with van der Waals surface area (Å²) in [7, 11) is 3.15. The second-order valence-electron chi connectivity index (χ2n) is 5.60. The minimum Gasteiger partial charge on any atom is -0.496 e. The van der Waals surface area contributed by atoms with E-state index in [0.717, 1.165) is 16.8 Å². The van der Waals surface area contributed by atoms with Crippen molar-refractivity contribution < 1.29 is 4.74 Å². The van der Waals surface area contributed by atoms with Gasteiger partial charge in [-0.1, -0.05) is 6.07 Å². The molecule has 2 aromatic heterocycles. The molecule has 0 bridgehead atoms. The van der Waals surface area contributed by atoms with Gasteiger partial charge in [-0.15, -0.1) is 0 Å². The third-order valence-electron chi connectivity index (χ3n) is 4.24. The van der Waals surface area contributed by atoms with Crippen LogP contribution in [0.4, 0.5) is 5.82 Å². The zero-order chi connectivity index (χ0) is 17.6. The molecule has 3 rings (SSSR count). The highest BCUT2D eigenvalue weighted by atomic mass is 16.5. The van der Waals surface area contributed by atoms with Gasteiger partial charge >= 0.3 is 0 Å². The number of ether oxygens (including phenoxy) is 1. The fourth-order valence-corrected chi connectivity index (χ4v) is 3.03. The van der Waals surface area contributed by atoms with Crippen LogP contribution in [0.25, 0.3) is 16.6 Å². The van der Waals surface area contributed by atoms with Gasteiger partial charge in [0.25, 0.3) is 5.56 Å². The largest absolute Gasteiger partial charge is 0.496 e. The van der Waals surface area contributed by atoms with E-state index >= 15 is 0 Å². The van der Waals surface area contributed by atoms with Gasteiger partial charge in [0.05, 0.1) is 19.0 Å². The number of benzene rings is 1. The van der Waals surface area contributed by atoms with Crippen molar-refractivity contribution in [3.63, 3.8) is 0 Å². The van der Waals surface area contributed by atoms with E-state index in [2.05, 4.69) is 11.2 Å². The number of nitrogen functional groups attached to an aromatic ring is 1. The first kappa shape index (κ1) is 15.6. The predicted octanol–water partition coefficient (Wildman–Crippen LogP) is 1.80. The van der Waals surface area contributed by atoms with Crippen LogP contribution in [0.1, 0.15) is 16.7 Å². The topological polar surface area (TPSA) is 98.9 Å². The Labute approximate surface area is 138 Å². The van der Waals surface area contributed by atoms with Gasteiger partial charge in [0.1, 0.15) is 28.7 Å². The van der Waals surface area contributed by atoms with Gasteiger partial charge in [0.15, 0.2) is 0 Å². The maximum absolute atomic E-state index is 12.7. The van der Waals surface area contributed by atoms with E-state index in [4.69, 9.17) is 10.5 Å². The average Bonchev–Trinajstić information content (AvgIpc) is 2.84. The first-order valence-corrected chi connectivity index (χ1v) is 7.33. The Bertz CT molecular complexity index is 1070. The van der Waals surface area contributed by atoms with E-state index in [0.29, 0.717) is 16.7 Å². The van der Waals surface area contributed by atoms with Crippen LogP contribution in [0.5, 0.6) is 5.75 Å². The van der Waals surface area contributed by atoms with Crippen molar-refractivity contribution in [2.24, 2.45) is 7.05 Å². The van der Waals surface area contributed by atoms with Gasteiger partial charge in [0.2, 0.25) is 0 Å². The van der Waals surface area contributed by atoms with Gasteiger partial charge in [-0.25, -0.2) is 4.68 Å². The molecule has 0 saturated heterocycles. The normalized spacial score (nSPS) is 10.8. The number of nitriles is 1. The molecular formula is C17H17N5O2. The minimum absolute atomic E-state index is 0.219. The lowest BCUT2D eigenvalue weighted by Crippen LogP contribution is -2.21. The number of hydrogen-bond donors (Lipinski definition) is 1. The Morgan fingerprint density at radius 2 is 2.04 bits per heavy atom. The molecular weight excluding hydrogens is 306 g/mol. The van der Waals surface area contributed by atoms with Crippen LogP contribution in [0, 0.1) is 25.2 Å². The van der Waals surface area contributed by atoms with Crippen LogP contribution in [0.15, 0.2) is 23.1 Å². The smallest absolute Gasteiger partial charge is 0.291 e. The van der Waals surface area contributed by atoms with Crippen LogP contribution < -0.4 is 16.0 Å². The predicted molar refractivity (Wildman–Crippen MR) is 91.5 cm³/mol. The fraction of sp³-hybridized carbons (Fsp3) is 0.235. The molecule has 24 heavy (non-hydrogen) atoms. The van der Waals surface area contributed by atoms with Crippen LogP contribution >= 0.6 is 0 Å². The molecule has 1 aromatic carbocycles. The zero-order valence-corrected chi connectivity index (χ0v) is 13.9. The molecule has 0 fully saturated rings. The number of nitrogens with zero attached hydrogens (tertiary/aromatic N) is 4. The van der Waals surface area contributed by atoms with Crippen molar-refractivity contribution in [1.29, 1.82) is 5.26 Å². The maximum atomic E-state index is 12.7. The van der Waals surface area contributed by atoms with Crippen LogP contribution in [-0.4, -0.2) is 21.5 Å². The number of aromatic nitrogens is 3. The molecule has 0 aliphatic carbocycles. The summed E-state index contributed by atoms with van der Waals surface area (Å²) in [5.41, 5.74) is 8.99. The molecule has 3 aromatic rings. The van der Waals surface area contributed by atoms with Crippen molar-refractivity contribution in [1.82, 2.24) is 14.3 Å². The SMILES string of the molecule is COc1ccc(C)c(-n2c(N)c(C#N)c3cnn(C)c(=O)c32)c1C. The van der Waals surface area contributed by atoms with Gasteiger partial charge in [-0.05, 0) is 25.5 Å². The molecule has 0 unspecified atom stereocenters. The summed E-state index contributed by atoms with van der Waals surface area (Å²) >= 11 is 0. The van der Waals surface area contributed by atoms with Crippen LogP contribution in [0.3, 0.4) is 0 Å². The van der Waals surface area contributed by atoms with E-state index in [1.54, 1.807) is 18.7 Å². The molecule has 0 saturated carbocycles. The van der Waals surface area contributed by atoms with Crippen molar-refractivity contribution >= 4 is 16.7 Å². The molecule has 0 aliphatic heterocycles. The second kappa shape index (κ2) is 5.42. The molecule has 0 amide bonds. The molecule has 0 atom stereocenters. The fourth-order valence-electron chi connectivity index (χ4n) is 3.03. The van der Waals surface area contributed by atoms with Crippen LogP contribution in [0.2, 0.25) is 0 Å². The molecule has 7 heteroatoms. The number of rotatable bonds is 2. The Morgan fingerprint density at radius 3 is 2.67 bits per heavy atom. The minimum atomic E-state index is -0.317. The first-order valence-electron chi connectivity index (χ1n) is 7.33. The van der Waals surface area contributed by atoms with Gasteiger partial charge in [0, 0.05) is 18.0 Å². The number of hydrogen-bond acceptors (Lipinski definition) is 5. The molecule has 0 radical (unpaired) electrons. The molecule has 0 aliphatic rings. The summed E-state index contributed by atoms with van der Waals surface area (Å²) in [6.45, 7) is 3.81. The van der Waals surface area contributed by atoms with Crippen LogP contribution in [-0.2, 0) is 7.05 Å². The Kier molecular flexibility index (Phi) is 3.53. The monoisotopic (exact) mass is 323 g/mol. The molecule has 2 heterocycles. The summed E-state index contributed by atoms with van der Waals surface area (Å²) in [6.07, 6.45) is 1.49. The highest BCUT2D eigenvalue weighted by Crippen LogP contribution is 2.34. The van der Waals surface area contributed by atoms with Crippen molar-refractivity contribution in [3.05, 3.63) is 45.4 Å². The second-order valence-corrected chi connectivity index (χ2v) is 5.60. The number of methoxy groups -OCH3 is 1. The summed E-state index contributed by atoms with van der Waals surface area (Å²) in [5.74, 6) is 0.901. The molecule has 0 spiro atoms. The number of aryl methyl sites for hydroxylation is 2. The van der Waals surface area contributed by atoms with Crippen molar-refractivity contribution in [2.45, 2.75) is 13.8 Å². The van der Waals surface area contributed by atoms with Gasteiger partial charge < -0.3 is 10.5 Å². The zero-order valence-electron chi connectivity index (χ0n) is 13.9. The molecule has 122 valence electrons. The lowest BCUT2D eigenvalue weighted by Gasteiger charge is -2.16. The summed E-state index contributed by atoms with van der Waals surface area (Å²) in [6, 6.07) is 5.83. The third-order valence-corrected chi connectivity index (χ3v) is 4.24. The van der Waals surface area contributed by atoms with E-state index in [9.17, 15) is 10.1 Å². The Morgan fingerprint density at radius 1 is 1.33 bits per heavy atom. The standard InChI is InChI=1S/C17H17N5O2/c1-9-5-6-13(24-4)10(2)14(9)22-15-12(11(7-18)16(22)19)8-20-21(3)17(15)23/h5-6,8H,19H2,1-4H3. The lowest BCUT2D eigenvalue weighted by molar-refractivity contribution is 0.411. The van der Waals surface area contributed by atoms with Gasteiger partial charge in [-0.2, -0.15) is 10.4 Å². The number of anilines is 1. The first-order chi connectivity index (χ1) is 11.4. The number of nitrogens with two attached hydrogens (primary N) is 1. The Hall–Kier alpha value is -3.27. The third kappa shape index (κ3) is 1.97. The summed E-state index contributed by atoms with van der Waals surface area (Å²) in [4.78, 5) is 12.7. The lowest BCUT2D eigenvalue weighted by atomic mass is 10.1. The van der Waals surface area contributed by atoms with E-state index in [1.807, 2.05) is 26.0 Å². The van der Waals surface area contributed by atoms with E-state index < -0.39 is 0 Å². The van der Waals surface area contributed by atoms with Gasteiger partial charge in [-0.3, -0.25) is 9.36 Å². The quantitative estimate of drug-likeness (QED) is 0.775. The average molecular weight is 323 g/mol. The molecule has 7 nitrogen and oxygen atoms in total. The van der Waals surface area contributed by atoms with Crippen molar-refractivity contribution in [3.8, 4) is 17.5 Å². The summed E-state index contributed by atoms with van der Waals surface area (Å²) < 4.78 is 8.24.